The van der Waals surface area contributed by atoms with Crippen LogP contribution in [0.4, 0.5) is 19.0 Å². The number of benzene rings is 2. The lowest BCUT2D eigenvalue weighted by Crippen LogP contribution is -2.29. The average Bonchev–Trinajstić information content (AvgIpc) is 2.77. The fourth-order valence-corrected chi connectivity index (χ4v) is 3.28. The molecule has 0 fully saturated rings. The van der Waals surface area contributed by atoms with Gasteiger partial charge in [-0.15, -0.1) is 0 Å². The molecular weight excluding hydrogens is 465 g/mol. The number of aromatic nitrogens is 1. The van der Waals surface area contributed by atoms with Crippen molar-refractivity contribution in [1.29, 1.82) is 5.26 Å². The molecule has 10 heteroatoms. The summed E-state index contributed by atoms with van der Waals surface area (Å²) in [4.78, 5) is 14.5. The maximum atomic E-state index is 10.6. The summed E-state index contributed by atoms with van der Waals surface area (Å²) in [5, 5.41) is 16.6. The van der Waals surface area contributed by atoms with Gasteiger partial charge in [0.25, 0.3) is 0 Å². The topological polar surface area (TPSA) is 112 Å². The minimum Gasteiger partial charge on any atom is -0.475 e. The molecule has 0 radical (unpaired) electrons. The zero-order chi connectivity index (χ0) is 25.5. The maximum absolute atomic E-state index is 10.6. The Morgan fingerprint density at radius 1 is 1.06 bits per heavy atom. The number of carboxylic acids is 1. The normalized spacial score (nSPS) is 11.2. The molecule has 6 nitrogen and oxygen atoms in total. The van der Waals surface area contributed by atoms with Crippen LogP contribution in [0.5, 0.6) is 0 Å². The highest BCUT2D eigenvalue weighted by atomic mass is 32.2. The van der Waals surface area contributed by atoms with E-state index in [2.05, 4.69) is 48.7 Å². The number of hydrogen-bond acceptors (Lipinski definition) is 6. The number of aliphatic carboxylic acids is 1. The molecule has 2 aromatic carbocycles. The van der Waals surface area contributed by atoms with Crippen molar-refractivity contribution in [1.82, 2.24) is 9.71 Å². The van der Waals surface area contributed by atoms with Gasteiger partial charge in [-0.2, -0.15) is 18.4 Å². The highest BCUT2D eigenvalue weighted by Gasteiger charge is 2.38. The smallest absolute Gasteiger partial charge is 0.475 e. The summed E-state index contributed by atoms with van der Waals surface area (Å²) in [7, 11) is 0. The van der Waals surface area contributed by atoms with Gasteiger partial charge in [0.15, 0.2) is 0 Å². The van der Waals surface area contributed by atoms with E-state index in [1.807, 2.05) is 48.5 Å². The van der Waals surface area contributed by atoms with Crippen LogP contribution in [0.2, 0.25) is 0 Å². The van der Waals surface area contributed by atoms with Gasteiger partial charge >= 0.3 is 12.1 Å². The van der Waals surface area contributed by atoms with E-state index in [-0.39, 0.29) is 11.4 Å². The largest absolute Gasteiger partial charge is 0.490 e. The predicted molar refractivity (Wildman–Crippen MR) is 127 cm³/mol. The number of halogens is 3. The third-order valence-corrected chi connectivity index (χ3v) is 5.33. The molecule has 0 aliphatic heterocycles. The third-order valence-electron chi connectivity index (χ3n) is 4.11. The predicted octanol–water partition coefficient (Wildman–Crippen LogP) is 5.90. The monoisotopic (exact) mass is 488 g/mol. The Kier molecular flexibility index (Phi) is 8.68. The van der Waals surface area contributed by atoms with E-state index in [1.165, 1.54) is 0 Å². The van der Waals surface area contributed by atoms with Gasteiger partial charge in [-0.05, 0) is 56.5 Å². The van der Waals surface area contributed by atoms with Crippen LogP contribution < -0.4 is 10.5 Å². The van der Waals surface area contributed by atoms with Crippen molar-refractivity contribution < 1.29 is 23.1 Å². The number of nitrogens with two attached hydrogens (primary N) is 1. The van der Waals surface area contributed by atoms with Crippen molar-refractivity contribution >= 4 is 23.7 Å². The molecule has 3 rings (SSSR count). The van der Waals surface area contributed by atoms with Gasteiger partial charge in [0.1, 0.15) is 17.5 Å². The Labute approximate surface area is 199 Å². The standard InChI is InChI=1S/C22H22N4S.C2HF3O2/c1-22(2,3)26-27-17-11-9-16(10-12-17)20-13-18(15-7-5-4-6-8-15)19(14-23)21(24)25-20;3-2(4,5)1(6)7/h4-13,26H,1-3H3,(H2,24,25);(H,6,7). The van der Waals surface area contributed by atoms with E-state index in [4.69, 9.17) is 15.6 Å². The first-order valence-corrected chi connectivity index (χ1v) is 10.7. The molecule has 178 valence electrons. The summed E-state index contributed by atoms with van der Waals surface area (Å²) in [5.41, 5.74) is 10.00. The second kappa shape index (κ2) is 11.0. The average molecular weight is 489 g/mol. The van der Waals surface area contributed by atoms with Crippen LogP contribution in [0.15, 0.2) is 65.6 Å². The SMILES string of the molecule is CC(C)(C)NSc1ccc(-c2cc(-c3ccccc3)c(C#N)c(N)n2)cc1.O=C(O)C(F)(F)F. The highest BCUT2D eigenvalue weighted by molar-refractivity contribution is 7.97. The number of nitrogen functional groups attached to an aromatic ring is 1. The van der Waals surface area contributed by atoms with E-state index in [9.17, 15) is 18.4 Å². The molecule has 0 amide bonds. The van der Waals surface area contributed by atoms with Gasteiger partial charge in [0.2, 0.25) is 0 Å². The first kappa shape index (κ1) is 26.7. The molecule has 3 aromatic rings. The van der Waals surface area contributed by atoms with Crippen molar-refractivity contribution in [3.05, 3.63) is 66.2 Å². The van der Waals surface area contributed by atoms with Crippen LogP contribution in [0.3, 0.4) is 0 Å². The zero-order valence-electron chi connectivity index (χ0n) is 18.6. The van der Waals surface area contributed by atoms with Gasteiger partial charge in [-0.25, -0.2) is 9.78 Å². The van der Waals surface area contributed by atoms with E-state index in [0.717, 1.165) is 27.3 Å². The molecule has 0 atom stereocenters. The number of anilines is 1. The number of nitrogens with one attached hydrogen (secondary N) is 1. The van der Waals surface area contributed by atoms with Crippen LogP contribution in [0, 0.1) is 11.3 Å². The van der Waals surface area contributed by atoms with E-state index in [0.29, 0.717) is 5.56 Å². The molecule has 1 heterocycles. The summed E-state index contributed by atoms with van der Waals surface area (Å²) < 4.78 is 35.1. The quantitative estimate of drug-likeness (QED) is 0.392. The Hall–Kier alpha value is -3.55. The van der Waals surface area contributed by atoms with Crippen molar-refractivity contribution in [2.45, 2.75) is 37.4 Å². The molecule has 0 unspecified atom stereocenters. The van der Waals surface area contributed by atoms with Crippen LogP contribution >= 0.6 is 11.9 Å². The number of pyridine rings is 1. The Bertz CT molecular complexity index is 1170. The number of nitriles is 1. The lowest BCUT2D eigenvalue weighted by molar-refractivity contribution is -0.192. The number of rotatable bonds is 4. The molecule has 1 aromatic heterocycles. The fraction of sp³-hybridized carbons (Fsp3) is 0.208. The minimum absolute atomic E-state index is 0.0387. The van der Waals surface area contributed by atoms with Crippen LogP contribution in [0.25, 0.3) is 22.4 Å². The van der Waals surface area contributed by atoms with Gasteiger partial charge < -0.3 is 10.8 Å². The molecule has 0 bridgehead atoms. The number of nitrogens with zero attached hydrogens (tertiary/aromatic N) is 2. The number of carboxylic acid groups (broad SMARTS) is 1. The molecule has 4 N–H and O–H groups in total. The van der Waals surface area contributed by atoms with Gasteiger partial charge in [0.05, 0.1) is 5.69 Å². The van der Waals surface area contributed by atoms with Gasteiger partial charge in [-0.3, -0.25) is 4.72 Å². The molecule has 0 saturated heterocycles. The zero-order valence-corrected chi connectivity index (χ0v) is 19.5. The van der Waals surface area contributed by atoms with Gasteiger partial charge in [0, 0.05) is 21.6 Å². The summed E-state index contributed by atoms with van der Waals surface area (Å²) in [5.74, 6) is -2.51. The fourth-order valence-electron chi connectivity index (χ4n) is 2.58. The van der Waals surface area contributed by atoms with Crippen LogP contribution in [-0.4, -0.2) is 27.8 Å². The minimum atomic E-state index is -5.08. The van der Waals surface area contributed by atoms with E-state index < -0.39 is 12.1 Å². The lowest BCUT2D eigenvalue weighted by Gasteiger charge is -2.19. The Balaban J connectivity index is 0.000000509. The van der Waals surface area contributed by atoms with E-state index in [1.54, 1.807) is 11.9 Å². The second-order valence-corrected chi connectivity index (χ2v) is 8.95. The van der Waals surface area contributed by atoms with Gasteiger partial charge in [-0.1, -0.05) is 42.5 Å². The van der Waals surface area contributed by atoms with Crippen molar-refractivity contribution in [2.75, 3.05) is 5.73 Å². The maximum Gasteiger partial charge on any atom is 0.490 e. The van der Waals surface area contributed by atoms with Crippen molar-refractivity contribution in [2.24, 2.45) is 0 Å². The van der Waals surface area contributed by atoms with E-state index >= 15 is 0 Å². The van der Waals surface area contributed by atoms with Crippen molar-refractivity contribution in [3.63, 3.8) is 0 Å². The van der Waals surface area contributed by atoms with Crippen LogP contribution in [0.1, 0.15) is 26.3 Å². The highest BCUT2D eigenvalue weighted by Crippen LogP contribution is 2.31. The summed E-state index contributed by atoms with van der Waals surface area (Å²) in [6.45, 7) is 6.38. The summed E-state index contributed by atoms with van der Waals surface area (Å²) in [6.07, 6.45) is -5.08. The first-order chi connectivity index (χ1) is 15.8. The molecular formula is C24H23F3N4O2S. The molecule has 0 saturated carbocycles. The number of carbonyl (C=O) groups is 1. The summed E-state index contributed by atoms with van der Waals surface area (Å²) in [6, 6.07) is 22.0. The lowest BCUT2D eigenvalue weighted by atomic mass is 9.98. The number of alkyl halides is 3. The van der Waals surface area contributed by atoms with Crippen LogP contribution in [-0.2, 0) is 4.79 Å². The Morgan fingerprint density at radius 2 is 1.62 bits per heavy atom. The Morgan fingerprint density at radius 3 is 2.09 bits per heavy atom. The number of hydrogen-bond donors (Lipinski definition) is 3. The van der Waals surface area contributed by atoms with Crippen molar-refractivity contribution in [3.8, 4) is 28.5 Å². The second-order valence-electron chi connectivity index (χ2n) is 8.07. The molecule has 34 heavy (non-hydrogen) atoms. The molecule has 0 aliphatic carbocycles. The summed E-state index contributed by atoms with van der Waals surface area (Å²) >= 11 is 1.60. The molecule has 0 aliphatic rings. The third kappa shape index (κ3) is 7.79. The first-order valence-electron chi connectivity index (χ1n) is 9.92. The molecule has 0 spiro atoms.